The van der Waals surface area contributed by atoms with Gasteiger partial charge in [-0.1, -0.05) is 17.7 Å². The van der Waals surface area contributed by atoms with Gasteiger partial charge in [0.05, 0.1) is 4.92 Å². The first-order chi connectivity index (χ1) is 9.38. The molecule has 0 aliphatic heterocycles. The van der Waals surface area contributed by atoms with Gasteiger partial charge in [-0.05, 0) is 47.0 Å². The largest absolute Gasteiger partial charge is 0.430 e. The van der Waals surface area contributed by atoms with Gasteiger partial charge in [0.1, 0.15) is 5.02 Å². The number of nitro groups is 1. The Balaban J connectivity index is 2.50. The quantitative estimate of drug-likeness (QED) is 0.584. The van der Waals surface area contributed by atoms with E-state index in [1.807, 2.05) is 0 Å². The number of hydrogen-bond acceptors (Lipinski definition) is 4. The average molecular weight is 358 g/mol. The number of aromatic nitrogens is 1. The number of halogens is 2. The number of ether oxygens (including phenoxy) is 1. The lowest BCUT2D eigenvalue weighted by atomic mass is 10.1. The zero-order valence-electron chi connectivity index (χ0n) is 10.7. The molecule has 20 heavy (non-hydrogen) atoms. The van der Waals surface area contributed by atoms with Crippen LogP contribution in [-0.2, 0) is 0 Å². The maximum atomic E-state index is 11.1. The highest BCUT2D eigenvalue weighted by Gasteiger charge is 2.20. The molecule has 2 aromatic rings. The standard InChI is InChI=1S/C13H10BrClN2O3/c1-7-3-8(2)12(11(4-7)17(18)19)20-13-10(15)5-9(14)6-16-13/h3-6H,1-2H3. The minimum absolute atomic E-state index is 0.108. The summed E-state index contributed by atoms with van der Waals surface area (Å²) in [5.41, 5.74) is 1.33. The molecule has 5 nitrogen and oxygen atoms in total. The minimum Gasteiger partial charge on any atom is -0.430 e. The molecule has 0 saturated carbocycles. The van der Waals surface area contributed by atoms with E-state index in [9.17, 15) is 10.1 Å². The van der Waals surface area contributed by atoms with E-state index >= 15 is 0 Å². The van der Waals surface area contributed by atoms with Gasteiger partial charge in [0, 0.05) is 16.7 Å². The lowest BCUT2D eigenvalue weighted by molar-refractivity contribution is -0.385. The first-order valence-electron chi connectivity index (χ1n) is 5.63. The minimum atomic E-state index is -0.484. The second kappa shape index (κ2) is 5.76. The zero-order chi connectivity index (χ0) is 14.9. The smallest absolute Gasteiger partial charge is 0.312 e. The number of rotatable bonds is 3. The fourth-order valence-electron chi connectivity index (χ4n) is 1.77. The van der Waals surface area contributed by atoms with E-state index in [0.717, 1.165) is 5.56 Å². The Bertz CT molecular complexity index is 692. The Hall–Kier alpha value is -1.66. The molecule has 0 saturated heterocycles. The summed E-state index contributed by atoms with van der Waals surface area (Å²) in [5, 5.41) is 11.4. The van der Waals surface area contributed by atoms with E-state index in [4.69, 9.17) is 16.3 Å². The number of benzene rings is 1. The van der Waals surface area contributed by atoms with Crippen LogP contribution < -0.4 is 4.74 Å². The monoisotopic (exact) mass is 356 g/mol. The van der Waals surface area contributed by atoms with Gasteiger partial charge in [-0.15, -0.1) is 0 Å². The van der Waals surface area contributed by atoms with Crippen LogP contribution in [0.1, 0.15) is 11.1 Å². The van der Waals surface area contributed by atoms with E-state index in [0.29, 0.717) is 10.0 Å². The van der Waals surface area contributed by atoms with Crippen molar-refractivity contribution in [2.45, 2.75) is 13.8 Å². The average Bonchev–Trinajstić information content (AvgIpc) is 2.34. The van der Waals surface area contributed by atoms with Crippen molar-refractivity contribution in [1.82, 2.24) is 4.98 Å². The van der Waals surface area contributed by atoms with Crippen LogP contribution in [0.3, 0.4) is 0 Å². The summed E-state index contributed by atoms with van der Waals surface area (Å²) >= 11 is 9.24. The predicted octanol–water partition coefficient (Wildman–Crippen LogP) is 4.81. The number of nitro benzene ring substituents is 1. The van der Waals surface area contributed by atoms with Crippen LogP contribution in [0.4, 0.5) is 5.69 Å². The third-order valence-corrected chi connectivity index (χ3v) is 3.27. The third kappa shape index (κ3) is 3.08. The van der Waals surface area contributed by atoms with E-state index in [1.54, 1.807) is 26.0 Å². The zero-order valence-corrected chi connectivity index (χ0v) is 13.0. The molecule has 0 radical (unpaired) electrons. The number of aryl methyl sites for hydroxylation is 2. The Morgan fingerprint density at radius 1 is 1.35 bits per heavy atom. The van der Waals surface area contributed by atoms with Crippen LogP contribution in [-0.4, -0.2) is 9.91 Å². The van der Waals surface area contributed by atoms with Gasteiger partial charge in [0.15, 0.2) is 0 Å². The molecule has 0 unspecified atom stereocenters. The van der Waals surface area contributed by atoms with Gasteiger partial charge in [0.2, 0.25) is 11.6 Å². The maximum Gasteiger partial charge on any atom is 0.312 e. The van der Waals surface area contributed by atoms with E-state index in [1.165, 1.54) is 12.3 Å². The van der Waals surface area contributed by atoms with Crippen molar-refractivity contribution in [2.75, 3.05) is 0 Å². The van der Waals surface area contributed by atoms with Gasteiger partial charge in [-0.2, -0.15) is 0 Å². The van der Waals surface area contributed by atoms with Gasteiger partial charge in [-0.3, -0.25) is 10.1 Å². The van der Waals surface area contributed by atoms with Gasteiger partial charge >= 0.3 is 5.69 Å². The summed E-state index contributed by atoms with van der Waals surface area (Å²) in [6, 6.07) is 4.86. The molecule has 7 heteroatoms. The van der Waals surface area contributed by atoms with Crippen molar-refractivity contribution in [2.24, 2.45) is 0 Å². The van der Waals surface area contributed by atoms with E-state index in [2.05, 4.69) is 20.9 Å². The molecule has 2 rings (SSSR count). The normalized spacial score (nSPS) is 10.4. The van der Waals surface area contributed by atoms with Crippen molar-refractivity contribution in [1.29, 1.82) is 0 Å². The lowest BCUT2D eigenvalue weighted by Crippen LogP contribution is -1.98. The van der Waals surface area contributed by atoms with Crippen molar-refractivity contribution >= 4 is 33.2 Å². The second-order valence-corrected chi connectivity index (χ2v) is 5.55. The first-order valence-corrected chi connectivity index (χ1v) is 6.80. The molecule has 0 aliphatic rings. The predicted molar refractivity (Wildman–Crippen MR) is 79.6 cm³/mol. The number of hydrogen-bond donors (Lipinski definition) is 0. The molecule has 0 fully saturated rings. The Kier molecular flexibility index (Phi) is 4.25. The molecular weight excluding hydrogens is 348 g/mol. The molecule has 1 heterocycles. The van der Waals surface area contributed by atoms with Gasteiger partial charge < -0.3 is 4.74 Å². The molecule has 104 valence electrons. The van der Waals surface area contributed by atoms with Crippen LogP contribution in [0.15, 0.2) is 28.9 Å². The molecule has 0 amide bonds. The second-order valence-electron chi connectivity index (χ2n) is 4.23. The highest BCUT2D eigenvalue weighted by atomic mass is 79.9. The fourth-order valence-corrected chi connectivity index (χ4v) is 2.44. The summed E-state index contributed by atoms with van der Waals surface area (Å²) in [7, 11) is 0. The highest BCUT2D eigenvalue weighted by molar-refractivity contribution is 9.10. The number of pyridine rings is 1. The third-order valence-electron chi connectivity index (χ3n) is 2.57. The molecular formula is C13H10BrClN2O3. The molecule has 0 bridgehead atoms. The Labute approximate surface area is 128 Å². The number of nitrogens with zero attached hydrogens (tertiary/aromatic N) is 2. The molecule has 0 N–H and O–H groups in total. The molecule has 0 aliphatic carbocycles. The first kappa shape index (κ1) is 14.7. The SMILES string of the molecule is Cc1cc(C)c(Oc2ncc(Br)cc2Cl)c([N+](=O)[O-])c1. The fraction of sp³-hybridized carbons (Fsp3) is 0.154. The van der Waals surface area contributed by atoms with Crippen molar-refractivity contribution < 1.29 is 9.66 Å². The van der Waals surface area contributed by atoms with Crippen LogP contribution in [0.2, 0.25) is 5.02 Å². The van der Waals surface area contributed by atoms with E-state index in [-0.39, 0.29) is 22.3 Å². The van der Waals surface area contributed by atoms with Crippen LogP contribution >= 0.6 is 27.5 Å². The van der Waals surface area contributed by atoms with Crippen molar-refractivity contribution in [3.63, 3.8) is 0 Å². The lowest BCUT2D eigenvalue weighted by Gasteiger charge is -2.10. The molecule has 0 atom stereocenters. The molecule has 1 aromatic heterocycles. The maximum absolute atomic E-state index is 11.1. The molecule has 1 aromatic carbocycles. The van der Waals surface area contributed by atoms with Crippen LogP contribution in [0.25, 0.3) is 0 Å². The van der Waals surface area contributed by atoms with Crippen molar-refractivity contribution in [3.8, 4) is 11.6 Å². The summed E-state index contributed by atoms with van der Waals surface area (Å²) in [5.74, 6) is 0.280. The van der Waals surface area contributed by atoms with Gasteiger partial charge in [-0.25, -0.2) is 4.98 Å². The van der Waals surface area contributed by atoms with Crippen LogP contribution in [0, 0.1) is 24.0 Å². The highest BCUT2D eigenvalue weighted by Crippen LogP contribution is 2.37. The topological polar surface area (TPSA) is 65.3 Å². The summed E-state index contributed by atoms with van der Waals surface area (Å²) < 4.78 is 6.24. The Morgan fingerprint density at radius 3 is 2.65 bits per heavy atom. The van der Waals surface area contributed by atoms with Crippen LogP contribution in [0.5, 0.6) is 11.6 Å². The van der Waals surface area contributed by atoms with Gasteiger partial charge in [0.25, 0.3) is 0 Å². The summed E-state index contributed by atoms with van der Waals surface area (Å²) in [6.45, 7) is 3.52. The van der Waals surface area contributed by atoms with Crippen molar-refractivity contribution in [3.05, 3.63) is 55.1 Å². The Morgan fingerprint density at radius 2 is 2.05 bits per heavy atom. The van der Waals surface area contributed by atoms with E-state index < -0.39 is 4.92 Å². The summed E-state index contributed by atoms with van der Waals surface area (Å²) in [4.78, 5) is 14.6. The molecule has 0 spiro atoms. The summed E-state index contributed by atoms with van der Waals surface area (Å²) in [6.07, 6.45) is 1.51.